The zero-order valence-corrected chi connectivity index (χ0v) is 14.0. The predicted octanol–water partition coefficient (Wildman–Crippen LogP) is 4.81. The van der Waals surface area contributed by atoms with Gasteiger partial charge in [-0.2, -0.15) is 0 Å². The van der Waals surface area contributed by atoms with Gasteiger partial charge in [0.1, 0.15) is 5.41 Å². The first-order valence-electron chi connectivity index (χ1n) is 8.58. The average Bonchev–Trinajstić information content (AvgIpc) is 3.13. The van der Waals surface area contributed by atoms with Crippen LogP contribution < -0.4 is 0 Å². The Hall–Kier alpha value is -3.00. The smallest absolute Gasteiger partial charge is 0.180 e. The Morgan fingerprint density at radius 1 is 0.920 bits per heavy atom. The Labute approximate surface area is 146 Å². The Kier molecular flexibility index (Phi) is 2.87. The van der Waals surface area contributed by atoms with E-state index in [4.69, 9.17) is 4.99 Å². The standard InChI is InChI=1S/C23H17NO/c1-15-11-12-17-14-23(22(25)18(17)13-15)19-9-5-6-10-20(19)24-21(23)16-7-3-2-4-8-16/h2-13H,14H2,1H3. The van der Waals surface area contributed by atoms with Crippen LogP contribution in [0.15, 0.2) is 77.8 Å². The first kappa shape index (κ1) is 14.4. The van der Waals surface area contributed by atoms with E-state index in [-0.39, 0.29) is 5.78 Å². The van der Waals surface area contributed by atoms with Crippen LogP contribution in [0.25, 0.3) is 0 Å². The largest absolute Gasteiger partial charge is 0.293 e. The minimum atomic E-state index is -0.686. The molecule has 1 aliphatic carbocycles. The van der Waals surface area contributed by atoms with Gasteiger partial charge in [-0.1, -0.05) is 66.2 Å². The number of rotatable bonds is 1. The van der Waals surface area contributed by atoms with Gasteiger partial charge in [0.05, 0.1) is 11.4 Å². The van der Waals surface area contributed by atoms with Gasteiger partial charge in [0, 0.05) is 5.56 Å². The van der Waals surface area contributed by atoms with Crippen LogP contribution in [0, 0.1) is 6.92 Å². The molecule has 120 valence electrons. The number of para-hydroxylation sites is 1. The third-order valence-corrected chi connectivity index (χ3v) is 5.40. The van der Waals surface area contributed by atoms with Crippen LogP contribution >= 0.6 is 0 Å². The number of nitrogens with zero attached hydrogens (tertiary/aromatic N) is 1. The molecule has 0 N–H and O–H groups in total. The molecule has 0 bridgehead atoms. The van der Waals surface area contributed by atoms with Gasteiger partial charge in [-0.3, -0.25) is 9.79 Å². The van der Waals surface area contributed by atoms with Crippen LogP contribution in [-0.2, 0) is 11.8 Å². The average molecular weight is 323 g/mol. The SMILES string of the molecule is Cc1ccc2c(c1)C(=O)C1(C2)C(c2ccccc2)=Nc2ccccc21. The molecule has 0 amide bonds. The second-order valence-corrected chi connectivity index (χ2v) is 6.92. The number of hydrogen-bond acceptors (Lipinski definition) is 2. The molecule has 0 radical (unpaired) electrons. The highest BCUT2D eigenvalue weighted by molar-refractivity contribution is 6.31. The number of ketones is 1. The van der Waals surface area contributed by atoms with Crippen molar-refractivity contribution < 1.29 is 4.79 Å². The van der Waals surface area contributed by atoms with Crippen LogP contribution in [0.1, 0.15) is 32.6 Å². The molecule has 5 rings (SSSR count). The van der Waals surface area contributed by atoms with Gasteiger partial charge in [-0.15, -0.1) is 0 Å². The third kappa shape index (κ3) is 1.85. The summed E-state index contributed by atoms with van der Waals surface area (Å²) in [7, 11) is 0. The second kappa shape index (κ2) is 5.00. The van der Waals surface area contributed by atoms with E-state index >= 15 is 0 Å². The van der Waals surface area contributed by atoms with Crippen molar-refractivity contribution in [3.05, 3.63) is 101 Å². The van der Waals surface area contributed by atoms with E-state index < -0.39 is 5.41 Å². The minimum absolute atomic E-state index is 0.179. The zero-order valence-electron chi connectivity index (χ0n) is 14.0. The molecule has 3 aromatic rings. The van der Waals surface area contributed by atoms with Crippen molar-refractivity contribution in [3.8, 4) is 0 Å². The topological polar surface area (TPSA) is 29.4 Å². The van der Waals surface area contributed by atoms with E-state index in [9.17, 15) is 4.79 Å². The van der Waals surface area contributed by atoms with Gasteiger partial charge in [0.25, 0.3) is 0 Å². The maximum Gasteiger partial charge on any atom is 0.180 e. The van der Waals surface area contributed by atoms with Crippen molar-refractivity contribution in [1.29, 1.82) is 0 Å². The molecule has 25 heavy (non-hydrogen) atoms. The summed E-state index contributed by atoms with van der Waals surface area (Å²) in [5, 5.41) is 0. The highest BCUT2D eigenvalue weighted by Crippen LogP contribution is 2.50. The molecule has 1 unspecified atom stereocenters. The van der Waals surface area contributed by atoms with Gasteiger partial charge in [-0.05, 0) is 42.2 Å². The number of hydrogen-bond donors (Lipinski definition) is 0. The fraction of sp³-hybridized carbons (Fsp3) is 0.130. The highest BCUT2D eigenvalue weighted by atomic mass is 16.1. The maximum absolute atomic E-state index is 13.6. The monoisotopic (exact) mass is 323 g/mol. The number of aryl methyl sites for hydroxylation is 1. The molecule has 2 aliphatic rings. The second-order valence-electron chi connectivity index (χ2n) is 6.92. The molecule has 0 aromatic heterocycles. The molecular formula is C23H17NO. The van der Waals surface area contributed by atoms with Gasteiger partial charge in [0.2, 0.25) is 0 Å². The maximum atomic E-state index is 13.6. The summed E-state index contributed by atoms with van der Waals surface area (Å²) in [6.45, 7) is 2.04. The molecule has 0 saturated heterocycles. The molecule has 1 spiro atoms. The van der Waals surface area contributed by atoms with Gasteiger partial charge < -0.3 is 0 Å². The van der Waals surface area contributed by atoms with E-state index in [2.05, 4.69) is 18.2 Å². The number of fused-ring (bicyclic) bond motifs is 3. The van der Waals surface area contributed by atoms with Gasteiger partial charge in [0.15, 0.2) is 5.78 Å². The van der Waals surface area contributed by atoms with E-state index in [0.29, 0.717) is 6.42 Å². The lowest BCUT2D eigenvalue weighted by molar-refractivity contribution is 0.0947. The quantitative estimate of drug-likeness (QED) is 0.632. The first-order chi connectivity index (χ1) is 12.2. The molecule has 0 saturated carbocycles. The third-order valence-electron chi connectivity index (χ3n) is 5.40. The normalized spacial score (nSPS) is 20.5. The lowest BCUT2D eigenvalue weighted by atomic mass is 9.72. The molecule has 2 nitrogen and oxygen atoms in total. The molecule has 2 heteroatoms. The summed E-state index contributed by atoms with van der Waals surface area (Å²) in [5.74, 6) is 0.179. The summed E-state index contributed by atoms with van der Waals surface area (Å²) in [6, 6.07) is 24.4. The lowest BCUT2D eigenvalue weighted by Gasteiger charge is -2.25. The van der Waals surface area contributed by atoms with E-state index in [1.807, 2.05) is 61.5 Å². The Morgan fingerprint density at radius 2 is 1.68 bits per heavy atom. The summed E-state index contributed by atoms with van der Waals surface area (Å²) >= 11 is 0. The van der Waals surface area contributed by atoms with Gasteiger partial charge >= 0.3 is 0 Å². The summed E-state index contributed by atoms with van der Waals surface area (Å²) in [6.07, 6.45) is 0.687. The fourth-order valence-corrected chi connectivity index (χ4v) is 4.24. The Morgan fingerprint density at radius 3 is 2.52 bits per heavy atom. The summed E-state index contributed by atoms with van der Waals surface area (Å²) in [5.41, 5.74) is 6.26. The fourth-order valence-electron chi connectivity index (χ4n) is 4.24. The highest BCUT2D eigenvalue weighted by Gasteiger charge is 2.54. The Bertz CT molecular complexity index is 1050. The lowest BCUT2D eigenvalue weighted by Crippen LogP contribution is -2.40. The van der Waals surface area contributed by atoms with Crippen molar-refractivity contribution in [3.63, 3.8) is 0 Å². The van der Waals surface area contributed by atoms with Crippen molar-refractivity contribution in [2.75, 3.05) is 0 Å². The van der Waals surface area contributed by atoms with Crippen molar-refractivity contribution >= 4 is 17.2 Å². The van der Waals surface area contributed by atoms with Crippen LogP contribution in [0.2, 0.25) is 0 Å². The summed E-state index contributed by atoms with van der Waals surface area (Å²) in [4.78, 5) is 18.5. The van der Waals surface area contributed by atoms with E-state index in [0.717, 1.165) is 39.2 Å². The molecule has 1 aliphatic heterocycles. The van der Waals surface area contributed by atoms with Gasteiger partial charge in [-0.25, -0.2) is 0 Å². The van der Waals surface area contributed by atoms with Crippen LogP contribution in [-0.4, -0.2) is 11.5 Å². The first-order valence-corrected chi connectivity index (χ1v) is 8.58. The number of benzene rings is 3. The predicted molar refractivity (Wildman–Crippen MR) is 100.0 cm³/mol. The molecule has 0 fully saturated rings. The van der Waals surface area contributed by atoms with Crippen LogP contribution in [0.3, 0.4) is 0 Å². The van der Waals surface area contributed by atoms with Crippen molar-refractivity contribution in [2.24, 2.45) is 4.99 Å². The van der Waals surface area contributed by atoms with E-state index in [1.54, 1.807) is 0 Å². The van der Waals surface area contributed by atoms with Crippen LogP contribution in [0.4, 0.5) is 5.69 Å². The van der Waals surface area contributed by atoms with E-state index in [1.165, 1.54) is 0 Å². The molecule has 3 aromatic carbocycles. The van der Waals surface area contributed by atoms with Crippen LogP contribution in [0.5, 0.6) is 0 Å². The van der Waals surface area contributed by atoms with Crippen molar-refractivity contribution in [2.45, 2.75) is 18.8 Å². The Balaban J connectivity index is 1.79. The van der Waals surface area contributed by atoms with Crippen molar-refractivity contribution in [1.82, 2.24) is 0 Å². The zero-order chi connectivity index (χ0) is 17.0. The molecule has 1 atom stereocenters. The minimum Gasteiger partial charge on any atom is -0.293 e. The summed E-state index contributed by atoms with van der Waals surface area (Å²) < 4.78 is 0. The molecule has 1 heterocycles. The number of carbonyl (C=O) groups excluding carboxylic acids is 1. The molecular weight excluding hydrogens is 306 g/mol. The number of Topliss-reactive ketones (excluding diaryl/α,β-unsaturated/α-hetero) is 1. The number of carbonyl (C=O) groups is 1. The number of aliphatic imine (C=N–C) groups is 1.